The van der Waals surface area contributed by atoms with Crippen LogP contribution in [-0.2, 0) is 11.2 Å². The number of amides is 1. The smallest absolute Gasteiger partial charge is 0.224 e. The van der Waals surface area contributed by atoms with Crippen molar-refractivity contribution in [3.8, 4) is 0 Å². The Morgan fingerprint density at radius 2 is 1.90 bits per heavy atom. The second-order valence-corrected chi connectivity index (χ2v) is 4.80. The lowest BCUT2D eigenvalue weighted by Gasteiger charge is -2.10. The van der Waals surface area contributed by atoms with Crippen LogP contribution in [0.25, 0.3) is 0 Å². The van der Waals surface area contributed by atoms with Crippen LogP contribution < -0.4 is 11.1 Å². The highest BCUT2D eigenvalue weighted by molar-refractivity contribution is 5.94. The normalized spacial score (nSPS) is 10.4. The third kappa shape index (κ3) is 3.56. The zero-order valence-electron chi connectivity index (χ0n) is 11.6. The lowest BCUT2D eigenvalue weighted by molar-refractivity contribution is -0.116. The maximum absolute atomic E-state index is 13.6. The van der Waals surface area contributed by atoms with Crippen LogP contribution in [0.5, 0.6) is 0 Å². The molecule has 0 radical (unpaired) electrons. The lowest BCUT2D eigenvalue weighted by Crippen LogP contribution is -2.15. The van der Waals surface area contributed by atoms with Crippen molar-refractivity contribution in [2.45, 2.75) is 19.8 Å². The fourth-order valence-corrected chi connectivity index (χ4v) is 2.03. The van der Waals surface area contributed by atoms with Crippen molar-refractivity contribution >= 4 is 17.3 Å². The molecule has 0 aliphatic heterocycles. The number of nitrogens with two attached hydrogens (primary N) is 1. The van der Waals surface area contributed by atoms with E-state index in [0.717, 1.165) is 17.2 Å². The summed E-state index contributed by atoms with van der Waals surface area (Å²) in [6, 6.07) is 9.84. The average molecular weight is 290 g/mol. The van der Waals surface area contributed by atoms with Crippen LogP contribution in [0.3, 0.4) is 0 Å². The number of carbonyl (C=O) groups excluding carboxylic acids is 1. The number of benzene rings is 2. The van der Waals surface area contributed by atoms with Crippen LogP contribution in [0.2, 0.25) is 0 Å². The predicted octanol–water partition coefficient (Wildman–Crippen LogP) is 3.43. The van der Waals surface area contributed by atoms with E-state index in [1.54, 1.807) is 0 Å². The minimum absolute atomic E-state index is 0.00172. The maximum Gasteiger partial charge on any atom is 0.224 e. The minimum Gasteiger partial charge on any atom is -0.397 e. The van der Waals surface area contributed by atoms with Gasteiger partial charge in [-0.2, -0.15) is 0 Å². The number of rotatable bonds is 4. The Morgan fingerprint density at radius 3 is 2.62 bits per heavy atom. The number of nitrogens with one attached hydrogen (secondary N) is 1. The Hall–Kier alpha value is -2.43. The summed E-state index contributed by atoms with van der Waals surface area (Å²) in [5, 5.41) is 2.33. The van der Waals surface area contributed by atoms with Gasteiger partial charge in [0.25, 0.3) is 0 Å². The first-order valence-electron chi connectivity index (χ1n) is 6.57. The highest BCUT2D eigenvalue weighted by atomic mass is 19.2. The number of aryl methyl sites for hydroxylation is 2. The SMILES string of the molecule is Cc1ccccc1CCC(=O)Nc1c(N)ccc(F)c1F. The molecule has 0 heterocycles. The molecule has 0 saturated carbocycles. The molecule has 0 atom stereocenters. The Bertz CT molecular complexity index is 671. The summed E-state index contributed by atoms with van der Waals surface area (Å²) in [6.45, 7) is 1.96. The molecule has 3 nitrogen and oxygen atoms in total. The van der Waals surface area contributed by atoms with Crippen molar-refractivity contribution in [2.24, 2.45) is 0 Å². The molecular weight excluding hydrogens is 274 g/mol. The molecule has 3 N–H and O–H groups in total. The molecule has 21 heavy (non-hydrogen) atoms. The topological polar surface area (TPSA) is 55.1 Å². The summed E-state index contributed by atoms with van der Waals surface area (Å²) >= 11 is 0. The lowest BCUT2D eigenvalue weighted by atomic mass is 10.0. The van der Waals surface area contributed by atoms with Crippen LogP contribution >= 0.6 is 0 Å². The van der Waals surface area contributed by atoms with Gasteiger partial charge in [-0.3, -0.25) is 4.79 Å². The number of halogens is 2. The fourth-order valence-electron chi connectivity index (χ4n) is 2.03. The van der Waals surface area contributed by atoms with Gasteiger partial charge in [0.15, 0.2) is 11.6 Å². The summed E-state index contributed by atoms with van der Waals surface area (Å²) < 4.78 is 26.7. The zero-order valence-corrected chi connectivity index (χ0v) is 11.6. The van der Waals surface area contributed by atoms with E-state index in [9.17, 15) is 13.6 Å². The van der Waals surface area contributed by atoms with E-state index >= 15 is 0 Å². The first-order chi connectivity index (χ1) is 9.99. The first-order valence-corrected chi connectivity index (χ1v) is 6.57. The number of anilines is 2. The average Bonchev–Trinajstić information content (AvgIpc) is 2.47. The van der Waals surface area contributed by atoms with Crippen molar-refractivity contribution < 1.29 is 13.6 Å². The van der Waals surface area contributed by atoms with Gasteiger partial charge in [0, 0.05) is 6.42 Å². The van der Waals surface area contributed by atoms with Gasteiger partial charge in [0.1, 0.15) is 5.69 Å². The van der Waals surface area contributed by atoms with Gasteiger partial charge in [-0.15, -0.1) is 0 Å². The van der Waals surface area contributed by atoms with Crippen LogP contribution in [0.1, 0.15) is 17.5 Å². The van der Waals surface area contributed by atoms with Crippen LogP contribution in [0.15, 0.2) is 36.4 Å². The van der Waals surface area contributed by atoms with Gasteiger partial charge < -0.3 is 11.1 Å². The van der Waals surface area contributed by atoms with E-state index in [4.69, 9.17) is 5.73 Å². The Labute approximate surface area is 121 Å². The highest BCUT2D eigenvalue weighted by Gasteiger charge is 2.14. The molecule has 0 unspecified atom stereocenters. The number of nitrogen functional groups attached to an aromatic ring is 1. The molecule has 2 aromatic carbocycles. The molecule has 5 heteroatoms. The molecule has 0 aliphatic rings. The maximum atomic E-state index is 13.6. The minimum atomic E-state index is -1.14. The van der Waals surface area contributed by atoms with Crippen LogP contribution in [0, 0.1) is 18.6 Å². The first kappa shape index (κ1) is 15.0. The van der Waals surface area contributed by atoms with Crippen LogP contribution in [-0.4, -0.2) is 5.91 Å². The molecule has 110 valence electrons. The summed E-state index contributed by atoms with van der Waals surface area (Å²) in [4.78, 5) is 11.9. The van der Waals surface area contributed by atoms with Crippen molar-refractivity contribution in [3.05, 3.63) is 59.2 Å². The quantitative estimate of drug-likeness (QED) is 0.848. The molecule has 0 saturated heterocycles. The molecule has 0 spiro atoms. The van der Waals surface area contributed by atoms with E-state index in [1.165, 1.54) is 6.07 Å². The summed E-state index contributed by atoms with van der Waals surface area (Å²) in [6.07, 6.45) is 0.690. The van der Waals surface area contributed by atoms with Gasteiger partial charge in [0.2, 0.25) is 5.91 Å². The molecule has 0 aromatic heterocycles. The largest absolute Gasteiger partial charge is 0.397 e. The van der Waals surface area contributed by atoms with Crippen molar-refractivity contribution in [1.82, 2.24) is 0 Å². The van der Waals surface area contributed by atoms with Gasteiger partial charge in [-0.05, 0) is 36.6 Å². The second-order valence-electron chi connectivity index (χ2n) is 4.80. The van der Waals surface area contributed by atoms with E-state index in [1.807, 2.05) is 31.2 Å². The Morgan fingerprint density at radius 1 is 1.19 bits per heavy atom. The Balaban J connectivity index is 2.03. The number of hydrogen-bond acceptors (Lipinski definition) is 2. The van der Waals surface area contributed by atoms with Crippen molar-refractivity contribution in [3.63, 3.8) is 0 Å². The molecule has 0 fully saturated rings. The summed E-state index contributed by atoms with van der Waals surface area (Å²) in [7, 11) is 0. The van der Waals surface area contributed by atoms with Gasteiger partial charge in [-0.25, -0.2) is 8.78 Å². The van der Waals surface area contributed by atoms with Crippen molar-refractivity contribution in [1.29, 1.82) is 0 Å². The van der Waals surface area contributed by atoms with Gasteiger partial charge in [-0.1, -0.05) is 24.3 Å². The van der Waals surface area contributed by atoms with E-state index in [0.29, 0.717) is 6.42 Å². The summed E-state index contributed by atoms with van der Waals surface area (Å²) in [5.74, 6) is -2.59. The fraction of sp³-hybridized carbons (Fsp3) is 0.188. The van der Waals surface area contributed by atoms with Gasteiger partial charge >= 0.3 is 0 Å². The standard InChI is InChI=1S/C16H16F2N2O/c1-10-4-2-3-5-11(10)6-9-14(21)20-16-13(19)8-7-12(17)15(16)18/h2-5,7-8H,6,9,19H2,1H3,(H,20,21). The van der Waals surface area contributed by atoms with E-state index < -0.39 is 17.5 Å². The number of carbonyl (C=O) groups is 1. The molecule has 0 bridgehead atoms. The zero-order chi connectivity index (χ0) is 15.4. The third-order valence-corrected chi connectivity index (χ3v) is 3.27. The molecule has 2 aromatic rings. The highest BCUT2D eigenvalue weighted by Crippen LogP contribution is 2.24. The Kier molecular flexibility index (Phi) is 4.52. The second kappa shape index (κ2) is 6.35. The molecule has 0 aliphatic carbocycles. The van der Waals surface area contributed by atoms with Crippen LogP contribution in [0.4, 0.5) is 20.2 Å². The molecule has 1 amide bonds. The number of hydrogen-bond donors (Lipinski definition) is 2. The predicted molar refractivity (Wildman–Crippen MR) is 78.9 cm³/mol. The third-order valence-electron chi connectivity index (χ3n) is 3.27. The van der Waals surface area contributed by atoms with Crippen molar-refractivity contribution in [2.75, 3.05) is 11.1 Å². The molecule has 2 rings (SSSR count). The monoisotopic (exact) mass is 290 g/mol. The molecular formula is C16H16F2N2O. The van der Waals surface area contributed by atoms with E-state index in [2.05, 4.69) is 5.32 Å². The van der Waals surface area contributed by atoms with E-state index in [-0.39, 0.29) is 17.8 Å². The summed E-state index contributed by atoms with van der Waals surface area (Å²) in [5.41, 5.74) is 7.37. The van der Waals surface area contributed by atoms with Gasteiger partial charge in [0.05, 0.1) is 5.69 Å².